The van der Waals surface area contributed by atoms with E-state index in [1.807, 2.05) is 6.92 Å². The van der Waals surface area contributed by atoms with Crippen LogP contribution in [0.1, 0.15) is 23.0 Å². The van der Waals surface area contributed by atoms with Gasteiger partial charge in [0.05, 0.1) is 18.4 Å². The van der Waals surface area contributed by atoms with Crippen molar-refractivity contribution in [2.75, 3.05) is 6.61 Å². The molecule has 0 saturated heterocycles. The summed E-state index contributed by atoms with van der Waals surface area (Å²) in [5.74, 6) is -1.45. The Labute approximate surface area is 166 Å². The standard InChI is InChI=1S/C19H17N3O6S/c1-3-27-19(24)18-16(28-29(25,26)15-5-4-10-20-12-15)11-17(23)22(21-18)14-8-6-13(2)7-9-14/h4-12H,3H2,1-2H3. The molecule has 0 spiro atoms. The summed E-state index contributed by atoms with van der Waals surface area (Å²) in [7, 11) is -4.34. The second-order valence-corrected chi connectivity index (χ2v) is 7.44. The average Bonchev–Trinajstić information content (AvgIpc) is 2.69. The van der Waals surface area contributed by atoms with Crippen LogP contribution in [0.3, 0.4) is 0 Å². The minimum atomic E-state index is -4.34. The Morgan fingerprint density at radius 3 is 2.52 bits per heavy atom. The number of benzene rings is 1. The van der Waals surface area contributed by atoms with E-state index in [1.165, 1.54) is 18.3 Å². The van der Waals surface area contributed by atoms with E-state index in [0.29, 0.717) is 5.69 Å². The highest BCUT2D eigenvalue weighted by Gasteiger charge is 2.25. The summed E-state index contributed by atoms with van der Waals surface area (Å²) >= 11 is 0. The normalized spacial score (nSPS) is 11.1. The van der Waals surface area contributed by atoms with E-state index < -0.39 is 33.1 Å². The Hall–Kier alpha value is -3.53. The highest BCUT2D eigenvalue weighted by atomic mass is 32.2. The van der Waals surface area contributed by atoms with Gasteiger partial charge >= 0.3 is 16.1 Å². The van der Waals surface area contributed by atoms with Crippen LogP contribution in [0, 0.1) is 6.92 Å². The van der Waals surface area contributed by atoms with Crippen molar-refractivity contribution < 1.29 is 22.1 Å². The van der Waals surface area contributed by atoms with Gasteiger partial charge in [-0.1, -0.05) is 17.7 Å². The fourth-order valence-electron chi connectivity index (χ4n) is 2.38. The van der Waals surface area contributed by atoms with Crippen LogP contribution in [0.4, 0.5) is 0 Å². The van der Waals surface area contributed by atoms with Crippen molar-refractivity contribution >= 4 is 16.1 Å². The van der Waals surface area contributed by atoms with Crippen molar-refractivity contribution in [2.45, 2.75) is 18.7 Å². The van der Waals surface area contributed by atoms with Gasteiger partial charge in [0.1, 0.15) is 4.90 Å². The highest BCUT2D eigenvalue weighted by molar-refractivity contribution is 7.87. The number of pyridine rings is 1. The van der Waals surface area contributed by atoms with Crippen molar-refractivity contribution in [3.8, 4) is 11.4 Å². The molecule has 0 fully saturated rings. The summed E-state index contributed by atoms with van der Waals surface area (Å²) in [6.07, 6.45) is 2.48. The van der Waals surface area contributed by atoms with Gasteiger partial charge in [-0.05, 0) is 38.1 Å². The molecule has 0 bridgehead atoms. The fraction of sp³-hybridized carbons (Fsp3) is 0.158. The third-order valence-electron chi connectivity index (χ3n) is 3.77. The zero-order valence-electron chi connectivity index (χ0n) is 15.6. The molecule has 1 aromatic carbocycles. The molecule has 0 aliphatic heterocycles. The first kappa shape index (κ1) is 20.2. The molecule has 3 aromatic rings. The molecule has 0 radical (unpaired) electrons. The Kier molecular flexibility index (Phi) is 5.74. The van der Waals surface area contributed by atoms with E-state index in [1.54, 1.807) is 31.2 Å². The van der Waals surface area contributed by atoms with E-state index in [2.05, 4.69) is 10.1 Å². The van der Waals surface area contributed by atoms with Gasteiger partial charge in [0.15, 0.2) is 5.75 Å². The molecule has 29 heavy (non-hydrogen) atoms. The summed E-state index contributed by atoms with van der Waals surface area (Å²) in [6, 6.07) is 10.4. The molecule has 150 valence electrons. The van der Waals surface area contributed by atoms with Gasteiger partial charge in [0, 0.05) is 12.4 Å². The third kappa shape index (κ3) is 4.49. The van der Waals surface area contributed by atoms with Gasteiger partial charge in [-0.15, -0.1) is 0 Å². The van der Waals surface area contributed by atoms with Crippen LogP contribution in [0.25, 0.3) is 5.69 Å². The van der Waals surface area contributed by atoms with E-state index >= 15 is 0 Å². The Balaban J connectivity index is 2.11. The lowest BCUT2D eigenvalue weighted by molar-refractivity contribution is 0.0515. The SMILES string of the molecule is CCOC(=O)c1nn(-c2ccc(C)cc2)c(=O)cc1OS(=O)(=O)c1cccnc1. The number of nitrogens with zero attached hydrogens (tertiary/aromatic N) is 3. The predicted molar refractivity (Wildman–Crippen MR) is 103 cm³/mol. The maximum Gasteiger partial charge on any atom is 0.362 e. The number of esters is 1. The summed E-state index contributed by atoms with van der Waals surface area (Å²) in [5, 5.41) is 3.99. The topological polar surface area (TPSA) is 117 Å². The van der Waals surface area contributed by atoms with Crippen molar-refractivity contribution in [1.29, 1.82) is 0 Å². The van der Waals surface area contributed by atoms with E-state index in [0.717, 1.165) is 22.5 Å². The number of aryl methyl sites for hydroxylation is 1. The first-order valence-corrected chi connectivity index (χ1v) is 9.95. The highest BCUT2D eigenvalue weighted by Crippen LogP contribution is 2.21. The second kappa shape index (κ2) is 8.23. The molecular formula is C19H17N3O6S. The molecule has 9 nitrogen and oxygen atoms in total. The van der Waals surface area contributed by atoms with Gasteiger partial charge in [-0.25, -0.2) is 4.79 Å². The first-order valence-electron chi connectivity index (χ1n) is 8.55. The van der Waals surface area contributed by atoms with E-state index in [9.17, 15) is 18.0 Å². The molecule has 10 heteroatoms. The lowest BCUT2D eigenvalue weighted by Gasteiger charge is -2.12. The van der Waals surface area contributed by atoms with E-state index in [-0.39, 0.29) is 11.5 Å². The smallest absolute Gasteiger partial charge is 0.362 e. The molecule has 0 unspecified atom stereocenters. The van der Waals surface area contributed by atoms with Gasteiger partial charge in [-0.3, -0.25) is 9.78 Å². The molecule has 2 heterocycles. The maximum absolute atomic E-state index is 12.5. The van der Waals surface area contributed by atoms with Gasteiger partial charge in [0.2, 0.25) is 5.69 Å². The van der Waals surface area contributed by atoms with Crippen LogP contribution in [-0.4, -0.2) is 35.8 Å². The van der Waals surface area contributed by atoms with Crippen molar-refractivity contribution in [3.63, 3.8) is 0 Å². The summed E-state index contributed by atoms with van der Waals surface area (Å²) in [6.45, 7) is 3.49. The molecular weight excluding hydrogens is 398 g/mol. The largest absolute Gasteiger partial charge is 0.461 e. The average molecular weight is 415 g/mol. The third-order valence-corrected chi connectivity index (χ3v) is 4.98. The Bertz CT molecular complexity index is 1190. The molecule has 0 aliphatic carbocycles. The molecule has 0 aliphatic rings. The quantitative estimate of drug-likeness (QED) is 0.442. The number of carbonyl (C=O) groups excluding carboxylic acids is 1. The molecule has 0 amide bonds. The molecule has 2 aromatic heterocycles. The predicted octanol–water partition coefficient (Wildman–Crippen LogP) is 1.88. The second-order valence-electron chi connectivity index (χ2n) is 5.89. The maximum atomic E-state index is 12.5. The number of hydrogen-bond donors (Lipinski definition) is 0. The number of carbonyl (C=O) groups is 1. The zero-order valence-corrected chi connectivity index (χ0v) is 16.4. The van der Waals surface area contributed by atoms with Gasteiger partial charge in [-0.2, -0.15) is 18.2 Å². The molecule has 0 N–H and O–H groups in total. The number of aromatic nitrogens is 3. The van der Waals surface area contributed by atoms with Crippen LogP contribution < -0.4 is 9.74 Å². The van der Waals surface area contributed by atoms with Crippen molar-refractivity contribution in [3.05, 3.63) is 76.5 Å². The van der Waals surface area contributed by atoms with Gasteiger partial charge in [0.25, 0.3) is 5.56 Å². The summed E-state index contributed by atoms with van der Waals surface area (Å²) in [5.41, 5.74) is 0.237. The van der Waals surface area contributed by atoms with Crippen LogP contribution in [0.5, 0.6) is 5.75 Å². The number of hydrogen-bond acceptors (Lipinski definition) is 8. The molecule has 0 saturated carbocycles. The number of ether oxygens (including phenoxy) is 1. The lowest BCUT2D eigenvalue weighted by atomic mass is 10.2. The van der Waals surface area contributed by atoms with Crippen molar-refractivity contribution in [1.82, 2.24) is 14.8 Å². The lowest BCUT2D eigenvalue weighted by Crippen LogP contribution is -2.26. The number of rotatable bonds is 6. The van der Waals surface area contributed by atoms with Crippen LogP contribution in [-0.2, 0) is 14.9 Å². The zero-order chi connectivity index (χ0) is 21.0. The monoisotopic (exact) mass is 415 g/mol. The van der Waals surface area contributed by atoms with Crippen molar-refractivity contribution in [2.24, 2.45) is 0 Å². The van der Waals surface area contributed by atoms with E-state index in [4.69, 9.17) is 8.92 Å². The summed E-state index contributed by atoms with van der Waals surface area (Å²) in [4.78, 5) is 28.4. The Morgan fingerprint density at radius 1 is 1.17 bits per heavy atom. The van der Waals surface area contributed by atoms with Crippen LogP contribution >= 0.6 is 0 Å². The minimum absolute atomic E-state index is 0.0268. The fourth-order valence-corrected chi connectivity index (χ4v) is 3.27. The molecule has 3 rings (SSSR count). The van der Waals surface area contributed by atoms with Gasteiger partial charge < -0.3 is 8.92 Å². The minimum Gasteiger partial charge on any atom is -0.461 e. The van der Waals surface area contributed by atoms with Crippen LogP contribution in [0.15, 0.2) is 64.5 Å². The first-order chi connectivity index (χ1) is 13.8. The summed E-state index contributed by atoms with van der Waals surface area (Å²) < 4.78 is 35.9. The Morgan fingerprint density at radius 2 is 1.90 bits per heavy atom. The van der Waals surface area contributed by atoms with Crippen LogP contribution in [0.2, 0.25) is 0 Å². The molecule has 0 atom stereocenters.